The number of hydrogen-bond donors (Lipinski definition) is 1. The molecule has 0 saturated heterocycles. The van der Waals surface area contributed by atoms with Gasteiger partial charge in [-0.1, -0.05) is 54.1 Å². The van der Waals surface area contributed by atoms with Crippen LogP contribution in [0.2, 0.25) is 5.02 Å². The number of phenols is 1. The van der Waals surface area contributed by atoms with Crippen LogP contribution in [-0.4, -0.2) is 11.3 Å². The van der Waals surface area contributed by atoms with Gasteiger partial charge >= 0.3 is 0 Å². The van der Waals surface area contributed by atoms with Gasteiger partial charge in [0.05, 0.1) is 5.69 Å². The van der Waals surface area contributed by atoms with Crippen LogP contribution in [0.3, 0.4) is 0 Å². The van der Waals surface area contributed by atoms with E-state index in [9.17, 15) is 5.11 Å². The van der Waals surface area contributed by atoms with Crippen LogP contribution in [0.4, 0.5) is 5.69 Å². The molecule has 32 heavy (non-hydrogen) atoms. The molecule has 4 aliphatic carbocycles. The smallest absolute Gasteiger partial charge is 0.124 e. The van der Waals surface area contributed by atoms with Crippen LogP contribution in [0.5, 0.6) is 5.75 Å². The van der Waals surface area contributed by atoms with Crippen molar-refractivity contribution in [2.24, 2.45) is 16.8 Å². The average Bonchev–Trinajstić information content (AvgIpc) is 2.80. The maximum Gasteiger partial charge on any atom is 0.124 e. The first-order valence-corrected chi connectivity index (χ1v) is 12.1. The molecular weight excluding hydrogens is 414 g/mol. The second kappa shape index (κ2) is 7.49. The second-order valence-electron chi connectivity index (χ2n) is 10.4. The molecule has 0 unspecified atom stereocenters. The van der Waals surface area contributed by atoms with E-state index in [4.69, 9.17) is 11.6 Å². The van der Waals surface area contributed by atoms with E-state index in [2.05, 4.69) is 59.6 Å². The molecule has 3 heteroatoms. The zero-order valence-corrected chi connectivity index (χ0v) is 18.9. The van der Waals surface area contributed by atoms with E-state index in [1.807, 2.05) is 0 Å². The summed E-state index contributed by atoms with van der Waals surface area (Å²) in [4.78, 5) is 4.58. The van der Waals surface area contributed by atoms with Gasteiger partial charge in [0.25, 0.3) is 0 Å². The van der Waals surface area contributed by atoms with Crippen LogP contribution in [0.15, 0.2) is 77.8 Å². The Hall–Kier alpha value is -2.58. The van der Waals surface area contributed by atoms with E-state index in [1.54, 1.807) is 30.0 Å². The number of halogens is 1. The monoisotopic (exact) mass is 441 g/mol. The Morgan fingerprint density at radius 2 is 1.44 bits per heavy atom. The van der Waals surface area contributed by atoms with Crippen LogP contribution in [0.25, 0.3) is 0 Å². The average molecular weight is 442 g/mol. The lowest BCUT2D eigenvalue weighted by molar-refractivity contribution is -0.0281. The third-order valence-corrected chi connectivity index (χ3v) is 8.50. The van der Waals surface area contributed by atoms with E-state index in [-0.39, 0.29) is 5.75 Å². The summed E-state index contributed by atoms with van der Waals surface area (Å²) in [6.07, 6.45) is 9.76. The molecule has 4 aliphatic rings. The van der Waals surface area contributed by atoms with Gasteiger partial charge < -0.3 is 5.11 Å². The Bertz CT molecular complexity index is 1150. The van der Waals surface area contributed by atoms with Crippen LogP contribution >= 0.6 is 11.6 Å². The Kier molecular flexibility index (Phi) is 4.69. The maximum atomic E-state index is 10.0. The summed E-state index contributed by atoms with van der Waals surface area (Å²) in [5.74, 6) is 1.88. The molecule has 4 bridgehead atoms. The zero-order chi connectivity index (χ0) is 21.8. The molecule has 0 aromatic heterocycles. The standard InChI is InChI=1S/C29H28ClNO/c30-25-8-11-27(32)22(13-25)18-31-26-9-6-24(7-10-26)29-16-20-12-21(17-29)15-28(14-20,19-29)23-4-2-1-3-5-23/h1-11,13,18,20-21,32H,12,14-17,19H2/t20-,21-,28?,29?/m1/s1. The topological polar surface area (TPSA) is 32.6 Å². The maximum absolute atomic E-state index is 10.0. The Labute approximate surface area is 195 Å². The lowest BCUT2D eigenvalue weighted by atomic mass is 9.42. The molecule has 0 aliphatic heterocycles. The number of rotatable bonds is 4. The van der Waals surface area contributed by atoms with E-state index in [0.29, 0.717) is 21.4 Å². The molecule has 0 radical (unpaired) electrons. The quantitative estimate of drug-likeness (QED) is 0.415. The minimum Gasteiger partial charge on any atom is -0.507 e. The predicted octanol–water partition coefficient (Wildman–Crippen LogP) is 7.59. The molecule has 2 atom stereocenters. The lowest BCUT2D eigenvalue weighted by Gasteiger charge is -2.62. The van der Waals surface area contributed by atoms with Crippen molar-refractivity contribution in [3.63, 3.8) is 0 Å². The zero-order valence-electron chi connectivity index (χ0n) is 18.2. The lowest BCUT2D eigenvalue weighted by Crippen LogP contribution is -2.55. The van der Waals surface area contributed by atoms with Gasteiger partial charge in [0.15, 0.2) is 0 Å². The molecule has 1 N–H and O–H groups in total. The molecular formula is C29H28ClNO. The highest BCUT2D eigenvalue weighted by Gasteiger charge is 2.58. The number of nitrogens with zero attached hydrogens (tertiary/aromatic N) is 1. The second-order valence-corrected chi connectivity index (χ2v) is 10.8. The molecule has 7 rings (SSSR count). The fraction of sp³-hybridized carbons (Fsp3) is 0.345. The van der Waals surface area contributed by atoms with Gasteiger partial charge in [-0.2, -0.15) is 0 Å². The van der Waals surface area contributed by atoms with Crippen molar-refractivity contribution in [3.8, 4) is 5.75 Å². The van der Waals surface area contributed by atoms with Gasteiger partial charge in [-0.3, -0.25) is 4.99 Å². The van der Waals surface area contributed by atoms with Crippen molar-refractivity contribution in [1.82, 2.24) is 0 Å². The molecule has 3 aromatic rings. The molecule has 4 saturated carbocycles. The van der Waals surface area contributed by atoms with Crippen molar-refractivity contribution in [2.75, 3.05) is 0 Å². The van der Waals surface area contributed by atoms with Crippen LogP contribution < -0.4 is 0 Å². The first-order chi connectivity index (χ1) is 15.5. The number of benzene rings is 3. The molecule has 162 valence electrons. The van der Waals surface area contributed by atoms with Crippen LogP contribution in [-0.2, 0) is 10.8 Å². The SMILES string of the molecule is Oc1ccc(Cl)cc1C=Nc1ccc(C23C[C@@H]4C[C@H](CC(c5ccccc5)(C4)C2)C3)cc1. The van der Waals surface area contributed by atoms with E-state index in [1.165, 1.54) is 44.1 Å². The molecule has 0 heterocycles. The summed E-state index contributed by atoms with van der Waals surface area (Å²) in [6, 6.07) is 25.2. The van der Waals surface area contributed by atoms with Gasteiger partial charge in [-0.25, -0.2) is 0 Å². The number of phenolic OH excluding ortho intramolecular Hbond substituents is 1. The summed E-state index contributed by atoms with van der Waals surface area (Å²) < 4.78 is 0. The summed E-state index contributed by atoms with van der Waals surface area (Å²) in [7, 11) is 0. The van der Waals surface area contributed by atoms with Crippen molar-refractivity contribution in [3.05, 3.63) is 94.5 Å². The highest BCUT2D eigenvalue weighted by Crippen LogP contribution is 2.66. The number of aliphatic imine (C=N–C) groups is 1. The van der Waals surface area contributed by atoms with Gasteiger partial charge in [-0.05, 0) is 103 Å². The van der Waals surface area contributed by atoms with Crippen LogP contribution in [0.1, 0.15) is 55.2 Å². The van der Waals surface area contributed by atoms with Gasteiger partial charge in [0, 0.05) is 16.8 Å². The van der Waals surface area contributed by atoms with Gasteiger partial charge in [-0.15, -0.1) is 0 Å². The molecule has 2 nitrogen and oxygen atoms in total. The van der Waals surface area contributed by atoms with E-state index >= 15 is 0 Å². The summed E-state index contributed by atoms with van der Waals surface area (Å²) in [5, 5.41) is 10.6. The number of hydrogen-bond acceptors (Lipinski definition) is 2. The minimum atomic E-state index is 0.189. The van der Waals surface area contributed by atoms with Crippen molar-refractivity contribution in [2.45, 2.75) is 49.4 Å². The molecule has 0 amide bonds. The van der Waals surface area contributed by atoms with Crippen molar-refractivity contribution >= 4 is 23.5 Å². The molecule has 4 fully saturated rings. The first kappa shape index (κ1) is 20.1. The molecule has 0 spiro atoms. The minimum absolute atomic E-state index is 0.189. The Morgan fingerprint density at radius 1 is 0.812 bits per heavy atom. The predicted molar refractivity (Wildman–Crippen MR) is 131 cm³/mol. The highest BCUT2D eigenvalue weighted by molar-refractivity contribution is 6.30. The van der Waals surface area contributed by atoms with Crippen molar-refractivity contribution < 1.29 is 5.11 Å². The Balaban J connectivity index is 1.29. The third-order valence-electron chi connectivity index (χ3n) is 8.27. The number of aromatic hydroxyl groups is 1. The largest absolute Gasteiger partial charge is 0.507 e. The first-order valence-electron chi connectivity index (χ1n) is 11.7. The van der Waals surface area contributed by atoms with Gasteiger partial charge in [0.1, 0.15) is 5.75 Å². The Morgan fingerprint density at radius 3 is 2.09 bits per heavy atom. The summed E-state index contributed by atoms with van der Waals surface area (Å²) in [6.45, 7) is 0. The fourth-order valence-corrected chi connectivity index (χ4v) is 7.58. The van der Waals surface area contributed by atoms with E-state index in [0.717, 1.165) is 17.5 Å². The summed E-state index contributed by atoms with van der Waals surface area (Å²) >= 11 is 6.05. The highest BCUT2D eigenvalue weighted by atomic mass is 35.5. The summed E-state index contributed by atoms with van der Waals surface area (Å²) in [5.41, 5.74) is 5.22. The van der Waals surface area contributed by atoms with Crippen molar-refractivity contribution in [1.29, 1.82) is 0 Å². The van der Waals surface area contributed by atoms with Crippen LogP contribution in [0, 0.1) is 11.8 Å². The third kappa shape index (κ3) is 3.36. The molecule has 3 aromatic carbocycles. The van der Waals surface area contributed by atoms with Gasteiger partial charge in [0.2, 0.25) is 0 Å². The fourth-order valence-electron chi connectivity index (χ4n) is 7.40. The normalized spacial score (nSPS) is 30.8. The van der Waals surface area contributed by atoms with E-state index < -0.39 is 0 Å².